The average Bonchev–Trinajstić information content (AvgIpc) is 2.81. The molecule has 1 heterocycles. The van der Waals surface area contributed by atoms with Crippen molar-refractivity contribution in [3.05, 3.63) is 34.9 Å². The van der Waals surface area contributed by atoms with Gasteiger partial charge in [-0.1, -0.05) is 0 Å². The topological polar surface area (TPSA) is 57.6 Å². The molecule has 1 aliphatic heterocycles. The van der Waals surface area contributed by atoms with E-state index >= 15 is 0 Å². The van der Waals surface area contributed by atoms with E-state index in [9.17, 15) is 27.2 Å². The molecule has 8 heteroatoms. The molecule has 1 aromatic rings. The van der Waals surface area contributed by atoms with Crippen LogP contribution < -0.4 is 0 Å². The quantitative estimate of drug-likeness (QED) is 0.673. The maximum absolute atomic E-state index is 13.6. The van der Waals surface area contributed by atoms with Gasteiger partial charge in [0.25, 0.3) is 5.91 Å². The number of carboxylic acids is 1. The molecular weight excluding hydrogens is 294 g/mol. The number of benzene rings is 1. The summed E-state index contributed by atoms with van der Waals surface area (Å²) in [6.07, 6.45) is 0.0785. The fourth-order valence-electron chi connectivity index (χ4n) is 2.23. The number of halogens is 4. The van der Waals surface area contributed by atoms with E-state index in [1.807, 2.05) is 0 Å². The predicted octanol–water partition coefficient (Wildman–Crippen LogP) is 2.18. The van der Waals surface area contributed by atoms with Gasteiger partial charge in [0, 0.05) is 19.2 Å². The van der Waals surface area contributed by atoms with Crippen LogP contribution in [0.15, 0.2) is 6.07 Å². The molecule has 2 rings (SSSR count). The Hall–Kier alpha value is -2.12. The SMILES string of the molecule is CC1(C(=O)O)CCN(C(=O)c2c(F)c(F)cc(F)c2F)C1. The van der Waals surface area contributed by atoms with Crippen molar-refractivity contribution in [2.24, 2.45) is 5.41 Å². The molecule has 114 valence electrons. The first-order chi connectivity index (χ1) is 9.67. The molecule has 0 aliphatic carbocycles. The first-order valence-electron chi connectivity index (χ1n) is 6.03. The number of carbonyl (C=O) groups excluding carboxylic acids is 1. The van der Waals surface area contributed by atoms with Crippen molar-refractivity contribution in [2.45, 2.75) is 13.3 Å². The summed E-state index contributed by atoms with van der Waals surface area (Å²) < 4.78 is 53.3. The Morgan fingerprint density at radius 2 is 1.71 bits per heavy atom. The number of carboxylic acid groups (broad SMARTS) is 1. The Labute approximate surface area is 117 Å². The summed E-state index contributed by atoms with van der Waals surface area (Å²) in [5, 5.41) is 9.03. The van der Waals surface area contributed by atoms with Crippen LogP contribution in [0, 0.1) is 28.7 Å². The third-order valence-corrected chi connectivity index (χ3v) is 3.60. The number of rotatable bonds is 2. The van der Waals surface area contributed by atoms with Gasteiger partial charge in [-0.05, 0) is 13.3 Å². The lowest BCUT2D eigenvalue weighted by Crippen LogP contribution is -2.35. The average molecular weight is 305 g/mol. The fourth-order valence-corrected chi connectivity index (χ4v) is 2.23. The van der Waals surface area contributed by atoms with Gasteiger partial charge in [-0.3, -0.25) is 9.59 Å². The second-order valence-electron chi connectivity index (χ2n) is 5.19. The van der Waals surface area contributed by atoms with E-state index in [2.05, 4.69) is 0 Å². The van der Waals surface area contributed by atoms with E-state index in [-0.39, 0.29) is 25.6 Å². The van der Waals surface area contributed by atoms with Crippen molar-refractivity contribution < 1.29 is 32.3 Å². The van der Waals surface area contributed by atoms with Crippen LogP contribution >= 0.6 is 0 Å². The molecule has 0 spiro atoms. The summed E-state index contributed by atoms with van der Waals surface area (Å²) in [6, 6.07) is 0.00674. The van der Waals surface area contributed by atoms with Crippen LogP contribution in [0.1, 0.15) is 23.7 Å². The molecule has 1 atom stereocenters. The standard InChI is InChI=1S/C13H11F4NO3/c1-13(12(20)21)2-3-18(5-13)11(19)8-9(16)6(14)4-7(15)10(8)17/h4H,2-3,5H2,1H3,(H,20,21). The highest BCUT2D eigenvalue weighted by molar-refractivity contribution is 5.95. The Kier molecular flexibility index (Phi) is 3.65. The Balaban J connectivity index is 2.37. The van der Waals surface area contributed by atoms with Crippen LogP contribution in [-0.4, -0.2) is 35.0 Å². The third-order valence-electron chi connectivity index (χ3n) is 3.60. The number of hydrogen-bond acceptors (Lipinski definition) is 2. The van der Waals surface area contributed by atoms with Crippen LogP contribution in [0.4, 0.5) is 17.6 Å². The number of amides is 1. The van der Waals surface area contributed by atoms with Gasteiger partial charge in [-0.2, -0.15) is 0 Å². The fraction of sp³-hybridized carbons (Fsp3) is 0.385. The molecule has 21 heavy (non-hydrogen) atoms. The Bertz CT molecular complexity index is 608. The van der Waals surface area contributed by atoms with Crippen molar-refractivity contribution in [3.8, 4) is 0 Å². The molecule has 0 saturated carbocycles. The molecule has 0 radical (unpaired) electrons. The second kappa shape index (κ2) is 5.01. The zero-order valence-electron chi connectivity index (χ0n) is 10.9. The summed E-state index contributed by atoms with van der Waals surface area (Å²) in [5.41, 5.74) is -2.60. The van der Waals surface area contributed by atoms with Crippen molar-refractivity contribution in [3.63, 3.8) is 0 Å². The van der Waals surface area contributed by atoms with E-state index in [4.69, 9.17) is 5.11 Å². The smallest absolute Gasteiger partial charge is 0.311 e. The minimum absolute atomic E-state index is 0.00674. The lowest BCUT2D eigenvalue weighted by atomic mass is 9.90. The van der Waals surface area contributed by atoms with Crippen LogP contribution in [0.25, 0.3) is 0 Å². The summed E-state index contributed by atoms with van der Waals surface area (Å²) in [7, 11) is 0. The Morgan fingerprint density at radius 3 is 2.14 bits per heavy atom. The molecule has 1 aliphatic rings. The van der Waals surface area contributed by atoms with Crippen LogP contribution in [0.3, 0.4) is 0 Å². The molecule has 1 amide bonds. The molecule has 1 unspecified atom stereocenters. The molecule has 1 saturated heterocycles. The van der Waals surface area contributed by atoms with Crippen molar-refractivity contribution >= 4 is 11.9 Å². The summed E-state index contributed by atoms with van der Waals surface area (Å²) >= 11 is 0. The highest BCUT2D eigenvalue weighted by Gasteiger charge is 2.43. The van der Waals surface area contributed by atoms with Crippen molar-refractivity contribution in [1.82, 2.24) is 4.90 Å². The van der Waals surface area contributed by atoms with Gasteiger partial charge in [0.15, 0.2) is 23.3 Å². The number of aliphatic carboxylic acids is 1. The zero-order chi connectivity index (χ0) is 15.9. The zero-order valence-corrected chi connectivity index (χ0v) is 10.9. The van der Waals surface area contributed by atoms with Crippen LogP contribution in [0.5, 0.6) is 0 Å². The maximum atomic E-state index is 13.6. The monoisotopic (exact) mass is 305 g/mol. The second-order valence-corrected chi connectivity index (χ2v) is 5.19. The van der Waals surface area contributed by atoms with Crippen molar-refractivity contribution in [2.75, 3.05) is 13.1 Å². The van der Waals surface area contributed by atoms with Gasteiger partial charge >= 0.3 is 5.97 Å². The summed E-state index contributed by atoms with van der Waals surface area (Å²) in [6.45, 7) is 1.01. The molecule has 0 bridgehead atoms. The van der Waals surface area contributed by atoms with Gasteiger partial charge in [-0.15, -0.1) is 0 Å². The third kappa shape index (κ3) is 2.45. The van der Waals surface area contributed by atoms with Crippen molar-refractivity contribution in [1.29, 1.82) is 0 Å². The summed E-state index contributed by atoms with van der Waals surface area (Å²) in [4.78, 5) is 24.0. The largest absolute Gasteiger partial charge is 0.481 e. The molecule has 1 aromatic carbocycles. The first kappa shape index (κ1) is 15.3. The van der Waals surface area contributed by atoms with Crippen LogP contribution in [-0.2, 0) is 4.79 Å². The molecule has 1 N–H and O–H groups in total. The molecular formula is C13H11F4NO3. The lowest BCUT2D eigenvalue weighted by Gasteiger charge is -2.20. The predicted molar refractivity (Wildman–Crippen MR) is 62.5 cm³/mol. The molecule has 0 aromatic heterocycles. The van der Waals surface area contributed by atoms with Gasteiger partial charge in [0.2, 0.25) is 0 Å². The number of likely N-dealkylation sites (tertiary alicyclic amines) is 1. The summed E-state index contributed by atoms with van der Waals surface area (Å²) in [5.74, 6) is -9.38. The van der Waals surface area contributed by atoms with E-state index in [0.717, 1.165) is 4.90 Å². The van der Waals surface area contributed by atoms with Crippen LogP contribution in [0.2, 0.25) is 0 Å². The van der Waals surface area contributed by atoms with E-state index in [0.29, 0.717) is 0 Å². The van der Waals surface area contributed by atoms with E-state index in [1.54, 1.807) is 0 Å². The van der Waals surface area contributed by atoms with Gasteiger partial charge in [0.05, 0.1) is 5.41 Å². The first-order valence-corrected chi connectivity index (χ1v) is 6.03. The lowest BCUT2D eigenvalue weighted by molar-refractivity contribution is -0.147. The minimum Gasteiger partial charge on any atom is -0.481 e. The van der Waals surface area contributed by atoms with E-state index in [1.165, 1.54) is 6.92 Å². The number of nitrogens with zero attached hydrogens (tertiary/aromatic N) is 1. The number of hydrogen-bond donors (Lipinski definition) is 1. The van der Waals surface area contributed by atoms with Gasteiger partial charge in [-0.25, -0.2) is 17.6 Å². The Morgan fingerprint density at radius 1 is 1.19 bits per heavy atom. The molecule has 1 fully saturated rings. The minimum atomic E-state index is -1.79. The molecule has 4 nitrogen and oxygen atoms in total. The normalized spacial score (nSPS) is 21.7. The highest BCUT2D eigenvalue weighted by atomic mass is 19.2. The number of carbonyl (C=O) groups is 2. The van der Waals surface area contributed by atoms with Gasteiger partial charge < -0.3 is 10.0 Å². The highest BCUT2D eigenvalue weighted by Crippen LogP contribution is 2.32. The van der Waals surface area contributed by atoms with E-state index < -0.39 is 46.1 Å². The maximum Gasteiger partial charge on any atom is 0.311 e. The van der Waals surface area contributed by atoms with Gasteiger partial charge in [0.1, 0.15) is 5.56 Å².